The highest BCUT2D eigenvalue weighted by molar-refractivity contribution is 7.96. The van der Waals surface area contributed by atoms with Crippen LogP contribution >= 0.6 is 11.6 Å². The van der Waals surface area contributed by atoms with Crippen LogP contribution in [0.3, 0.4) is 0 Å². The number of rotatable bonds is 6. The number of carbonyl (C=O) groups is 1. The zero-order valence-corrected chi connectivity index (χ0v) is 22.3. The average molecular weight is 588 g/mol. The molecule has 0 saturated carbocycles. The fourth-order valence-corrected chi connectivity index (χ4v) is 9.16. The van der Waals surface area contributed by atoms with E-state index in [1.54, 1.807) is 0 Å². The van der Waals surface area contributed by atoms with Crippen LogP contribution in [0.2, 0.25) is 0 Å². The number of ether oxygens (including phenoxy) is 2. The Hall–Kier alpha value is -2.50. The number of hydrogen-bond donors (Lipinski definition) is 1. The first-order valence-corrected chi connectivity index (χ1v) is 15.6. The number of fused-ring (bicyclic) bond motifs is 3. The van der Waals surface area contributed by atoms with E-state index in [1.165, 1.54) is 24.3 Å². The van der Waals surface area contributed by atoms with Crippen molar-refractivity contribution in [2.24, 2.45) is 5.92 Å². The molecule has 0 spiro atoms. The zero-order chi connectivity index (χ0) is 27.2. The van der Waals surface area contributed by atoms with E-state index < -0.39 is 71.4 Å². The van der Waals surface area contributed by atoms with E-state index in [-0.39, 0.29) is 53.9 Å². The molecular weight excluding hydrogens is 564 g/mol. The number of allylic oxidation sites excluding steroid dienone is 4. The largest absolute Gasteiger partial charge is 0.490 e. The minimum atomic E-state index is -4.18. The van der Waals surface area contributed by atoms with Gasteiger partial charge in [0.05, 0.1) is 35.2 Å². The van der Waals surface area contributed by atoms with Gasteiger partial charge < -0.3 is 14.8 Å². The monoisotopic (exact) mass is 587 g/mol. The van der Waals surface area contributed by atoms with Crippen LogP contribution in [-0.2, 0) is 29.2 Å². The van der Waals surface area contributed by atoms with E-state index in [0.29, 0.717) is 0 Å². The van der Waals surface area contributed by atoms with Gasteiger partial charge in [-0.15, -0.1) is 5.73 Å². The van der Waals surface area contributed by atoms with Gasteiger partial charge in [-0.05, 0) is 49.3 Å². The molecule has 0 bridgehead atoms. The Morgan fingerprint density at radius 3 is 2.58 bits per heavy atom. The second-order valence-electron chi connectivity index (χ2n) is 9.53. The van der Waals surface area contributed by atoms with Crippen LogP contribution in [0.15, 0.2) is 52.1 Å². The lowest BCUT2D eigenvalue weighted by Gasteiger charge is -2.45. The van der Waals surface area contributed by atoms with Crippen molar-refractivity contribution in [3.8, 4) is 5.75 Å². The predicted octanol–water partition coefficient (Wildman–Crippen LogP) is 2.66. The summed E-state index contributed by atoms with van der Waals surface area (Å²) in [6.45, 7) is -0.332. The third-order valence-corrected chi connectivity index (χ3v) is 11.9. The van der Waals surface area contributed by atoms with Crippen LogP contribution in [0.5, 0.6) is 5.75 Å². The SMILES string of the molecule is O=C1NCCC1S(=O)(=O)CCC1OCC(S(=O)(=O)C2=CC=C(Cl)C=C=C2)C2c3c(F)ccc(F)c3OCC12. The van der Waals surface area contributed by atoms with E-state index >= 15 is 4.39 Å². The van der Waals surface area contributed by atoms with Crippen LogP contribution < -0.4 is 10.1 Å². The molecule has 13 heteroatoms. The summed E-state index contributed by atoms with van der Waals surface area (Å²) in [5.74, 6) is -4.87. The van der Waals surface area contributed by atoms with Crippen molar-refractivity contribution in [3.63, 3.8) is 0 Å². The number of hydrogen-bond acceptors (Lipinski definition) is 7. The number of carbonyl (C=O) groups excluding carboxylic acids is 1. The van der Waals surface area contributed by atoms with Gasteiger partial charge >= 0.3 is 0 Å². The Morgan fingerprint density at radius 2 is 1.84 bits per heavy atom. The molecule has 1 amide bonds. The molecule has 1 aromatic rings. The Bertz CT molecular complexity index is 1510. The van der Waals surface area contributed by atoms with Crippen LogP contribution in [0, 0.1) is 17.6 Å². The van der Waals surface area contributed by atoms with Gasteiger partial charge in [-0.1, -0.05) is 11.6 Å². The van der Waals surface area contributed by atoms with E-state index in [0.717, 1.165) is 12.1 Å². The normalized spacial score (nSPS) is 28.9. The number of halogens is 3. The first kappa shape index (κ1) is 27.1. The summed E-state index contributed by atoms with van der Waals surface area (Å²) in [5, 5.41) is 0.272. The summed E-state index contributed by atoms with van der Waals surface area (Å²) < 4.78 is 94.6. The van der Waals surface area contributed by atoms with Crippen molar-refractivity contribution in [2.75, 3.05) is 25.5 Å². The molecule has 0 aromatic heterocycles. The summed E-state index contributed by atoms with van der Waals surface area (Å²) in [6, 6.07) is 1.81. The highest BCUT2D eigenvalue weighted by Crippen LogP contribution is 2.49. The maximum absolute atomic E-state index is 15.2. The Balaban J connectivity index is 1.51. The molecule has 0 radical (unpaired) electrons. The number of nitrogens with one attached hydrogen (secondary N) is 1. The molecule has 5 atom stereocenters. The molecule has 204 valence electrons. The van der Waals surface area contributed by atoms with Gasteiger partial charge in [-0.25, -0.2) is 25.6 Å². The molecule has 1 aromatic carbocycles. The molecule has 1 N–H and O–H groups in total. The summed E-state index contributed by atoms with van der Waals surface area (Å²) >= 11 is 5.96. The van der Waals surface area contributed by atoms with Gasteiger partial charge in [-0.3, -0.25) is 4.79 Å². The highest BCUT2D eigenvalue weighted by Gasteiger charge is 2.52. The van der Waals surface area contributed by atoms with E-state index in [1.807, 2.05) is 0 Å². The lowest BCUT2D eigenvalue weighted by molar-refractivity contribution is -0.118. The number of amides is 1. The molecule has 5 unspecified atom stereocenters. The zero-order valence-electron chi connectivity index (χ0n) is 19.9. The number of sulfone groups is 2. The minimum absolute atomic E-state index is 0.0701. The molecule has 4 aliphatic rings. The van der Waals surface area contributed by atoms with Gasteiger partial charge in [0, 0.05) is 29.0 Å². The summed E-state index contributed by atoms with van der Waals surface area (Å²) in [5.41, 5.74) is 2.46. The maximum Gasteiger partial charge on any atom is 0.238 e. The molecule has 5 rings (SSSR count). The van der Waals surface area contributed by atoms with Gasteiger partial charge in [0.25, 0.3) is 0 Å². The van der Waals surface area contributed by atoms with Crippen molar-refractivity contribution in [2.45, 2.75) is 35.4 Å². The lowest BCUT2D eigenvalue weighted by Crippen LogP contribution is -2.52. The van der Waals surface area contributed by atoms with E-state index in [9.17, 15) is 26.0 Å². The highest BCUT2D eigenvalue weighted by atomic mass is 35.5. The average Bonchev–Trinajstić information content (AvgIpc) is 3.20. The van der Waals surface area contributed by atoms with Gasteiger partial charge in [-0.2, -0.15) is 0 Å². The Kier molecular flexibility index (Phi) is 7.30. The lowest BCUT2D eigenvalue weighted by atomic mass is 9.76. The molecule has 1 aliphatic carbocycles. The van der Waals surface area contributed by atoms with Crippen LogP contribution in [0.1, 0.15) is 24.3 Å². The standard InChI is InChI=1S/C25H24ClF2NO7S2/c26-14-2-1-3-15(5-4-14)38(33,34)21-13-35-19(9-11-37(31,32)20-8-10-29-25(20)30)16-12-36-24-18(28)7-6-17(27)23(24)22(16)21/h2-7,16,19-22H,8-13H2,(H,29,30). The fraction of sp³-hybridized carbons (Fsp3) is 0.440. The second kappa shape index (κ2) is 10.2. The smallest absolute Gasteiger partial charge is 0.238 e. The molecule has 38 heavy (non-hydrogen) atoms. The van der Waals surface area contributed by atoms with Crippen molar-refractivity contribution >= 4 is 37.2 Å². The molecule has 2 saturated heterocycles. The Labute approximate surface area is 223 Å². The quantitative estimate of drug-likeness (QED) is 0.509. The first-order valence-electron chi connectivity index (χ1n) is 12.0. The van der Waals surface area contributed by atoms with Crippen molar-refractivity contribution in [1.29, 1.82) is 0 Å². The first-order chi connectivity index (χ1) is 18.0. The van der Waals surface area contributed by atoms with Crippen molar-refractivity contribution < 1.29 is 39.9 Å². The Morgan fingerprint density at radius 1 is 1.08 bits per heavy atom. The molecule has 3 heterocycles. The molecule has 2 fully saturated rings. The molecule has 3 aliphatic heterocycles. The second-order valence-corrected chi connectivity index (χ2v) is 14.4. The third kappa shape index (κ3) is 4.84. The van der Waals surface area contributed by atoms with E-state index in [2.05, 4.69) is 11.0 Å². The maximum atomic E-state index is 15.2. The van der Waals surface area contributed by atoms with Gasteiger partial charge in [0.1, 0.15) is 11.1 Å². The summed E-state index contributed by atoms with van der Waals surface area (Å²) in [4.78, 5) is 11.8. The van der Waals surface area contributed by atoms with Crippen LogP contribution in [0.25, 0.3) is 0 Å². The predicted molar refractivity (Wildman–Crippen MR) is 135 cm³/mol. The van der Waals surface area contributed by atoms with Gasteiger partial charge in [0.2, 0.25) is 5.91 Å². The molecular formula is C25H24ClF2NO7S2. The van der Waals surface area contributed by atoms with Gasteiger partial charge in [0.15, 0.2) is 31.2 Å². The topological polar surface area (TPSA) is 116 Å². The summed E-state index contributed by atoms with van der Waals surface area (Å²) in [7, 11) is -8.00. The van der Waals surface area contributed by atoms with Crippen molar-refractivity contribution in [3.05, 3.63) is 69.3 Å². The minimum Gasteiger partial charge on any atom is -0.490 e. The molecule has 8 nitrogen and oxygen atoms in total. The fourth-order valence-electron chi connectivity index (χ4n) is 5.48. The number of benzene rings is 1. The summed E-state index contributed by atoms with van der Waals surface area (Å²) in [6.07, 6.45) is 4.57. The van der Waals surface area contributed by atoms with Crippen molar-refractivity contribution in [1.82, 2.24) is 5.32 Å². The van der Waals surface area contributed by atoms with Crippen LogP contribution in [0.4, 0.5) is 8.78 Å². The third-order valence-electron chi connectivity index (χ3n) is 7.36. The van der Waals surface area contributed by atoms with E-state index in [4.69, 9.17) is 21.1 Å². The van der Waals surface area contributed by atoms with Crippen LogP contribution in [-0.4, -0.2) is 64.9 Å².